The summed E-state index contributed by atoms with van der Waals surface area (Å²) in [6.45, 7) is 8.76. The maximum absolute atomic E-state index is 3.38. The second-order valence-corrected chi connectivity index (χ2v) is 5.13. The quantitative estimate of drug-likeness (QED) is 0.742. The van der Waals surface area contributed by atoms with Gasteiger partial charge in [0.25, 0.3) is 0 Å². The number of benzene rings is 1. The summed E-state index contributed by atoms with van der Waals surface area (Å²) in [5, 5.41) is 3.38. The van der Waals surface area contributed by atoms with Crippen molar-refractivity contribution in [2.75, 3.05) is 18.8 Å². The number of rotatable bonds is 6. The third-order valence-corrected chi connectivity index (χ3v) is 3.64. The molecule has 1 nitrogen and oxygen atoms in total. The van der Waals surface area contributed by atoms with E-state index in [9.17, 15) is 0 Å². The summed E-state index contributed by atoms with van der Waals surface area (Å²) >= 11 is 1.95. The zero-order chi connectivity index (χ0) is 11.1. The van der Waals surface area contributed by atoms with Gasteiger partial charge in [0.2, 0.25) is 0 Å². The zero-order valence-corrected chi connectivity index (χ0v) is 10.7. The van der Waals surface area contributed by atoms with Crippen LogP contribution in [0.25, 0.3) is 0 Å². The van der Waals surface area contributed by atoms with Crippen LogP contribution < -0.4 is 5.32 Å². The fourth-order valence-electron chi connectivity index (χ4n) is 1.32. The van der Waals surface area contributed by atoms with E-state index in [1.165, 1.54) is 16.2 Å². The minimum Gasteiger partial charge on any atom is -0.317 e. The largest absolute Gasteiger partial charge is 0.317 e. The van der Waals surface area contributed by atoms with Crippen molar-refractivity contribution >= 4 is 11.8 Å². The molecular weight excluding hydrogens is 202 g/mol. The van der Waals surface area contributed by atoms with E-state index >= 15 is 0 Å². The van der Waals surface area contributed by atoms with Crippen LogP contribution >= 0.6 is 11.8 Å². The second-order valence-electron chi connectivity index (χ2n) is 4.04. The fraction of sp³-hybridized carbons (Fsp3) is 0.538. The molecular formula is C13H21NS. The molecule has 0 fully saturated rings. The highest BCUT2D eigenvalue weighted by molar-refractivity contribution is 7.99. The number of hydrogen-bond acceptors (Lipinski definition) is 2. The van der Waals surface area contributed by atoms with E-state index in [0.717, 1.165) is 19.0 Å². The molecule has 1 rings (SSSR count). The van der Waals surface area contributed by atoms with Crippen LogP contribution in [0.2, 0.25) is 0 Å². The van der Waals surface area contributed by atoms with Gasteiger partial charge in [-0.2, -0.15) is 0 Å². The Morgan fingerprint density at radius 2 is 1.93 bits per heavy atom. The van der Waals surface area contributed by atoms with Gasteiger partial charge in [-0.15, -0.1) is 11.8 Å². The van der Waals surface area contributed by atoms with Gasteiger partial charge in [-0.25, -0.2) is 0 Å². The maximum atomic E-state index is 3.38. The highest BCUT2D eigenvalue weighted by Crippen LogP contribution is 2.20. The Kier molecular flexibility index (Phi) is 5.81. The maximum Gasteiger partial charge on any atom is 0.00722 e. The molecule has 1 aromatic rings. The predicted octanol–water partition coefficient (Wildman–Crippen LogP) is 3.33. The first-order chi connectivity index (χ1) is 7.22. The Bertz CT molecular complexity index is 268. The van der Waals surface area contributed by atoms with Gasteiger partial charge in [-0.3, -0.25) is 0 Å². The molecule has 2 heteroatoms. The normalized spacial score (nSPS) is 12.7. The van der Waals surface area contributed by atoms with Gasteiger partial charge in [0.05, 0.1) is 0 Å². The molecule has 0 amide bonds. The molecule has 1 atom stereocenters. The summed E-state index contributed by atoms with van der Waals surface area (Å²) in [5.74, 6) is 1.92. The smallest absolute Gasteiger partial charge is 0.00722 e. The van der Waals surface area contributed by atoms with Crippen molar-refractivity contribution in [3.8, 4) is 0 Å². The van der Waals surface area contributed by atoms with Crippen LogP contribution in [0.15, 0.2) is 29.2 Å². The first-order valence-electron chi connectivity index (χ1n) is 5.62. The second kappa shape index (κ2) is 6.91. The molecule has 0 spiro atoms. The Morgan fingerprint density at radius 1 is 1.27 bits per heavy atom. The van der Waals surface area contributed by atoms with E-state index in [1.54, 1.807) is 0 Å². The Morgan fingerprint density at radius 3 is 2.53 bits per heavy atom. The molecule has 1 N–H and O–H groups in total. The van der Waals surface area contributed by atoms with E-state index < -0.39 is 0 Å². The number of hydrogen-bond donors (Lipinski definition) is 1. The van der Waals surface area contributed by atoms with Gasteiger partial charge >= 0.3 is 0 Å². The predicted molar refractivity (Wildman–Crippen MR) is 69.6 cm³/mol. The third-order valence-electron chi connectivity index (χ3n) is 2.30. The summed E-state index contributed by atoms with van der Waals surface area (Å²) < 4.78 is 0. The molecule has 0 saturated heterocycles. The zero-order valence-electron chi connectivity index (χ0n) is 9.92. The van der Waals surface area contributed by atoms with Gasteiger partial charge in [-0.1, -0.05) is 31.5 Å². The minimum absolute atomic E-state index is 0.733. The van der Waals surface area contributed by atoms with Crippen molar-refractivity contribution in [3.63, 3.8) is 0 Å². The first-order valence-corrected chi connectivity index (χ1v) is 6.61. The average Bonchev–Trinajstić information content (AvgIpc) is 2.25. The van der Waals surface area contributed by atoms with Gasteiger partial charge < -0.3 is 5.32 Å². The van der Waals surface area contributed by atoms with Crippen molar-refractivity contribution in [2.24, 2.45) is 5.92 Å². The summed E-state index contributed by atoms with van der Waals surface area (Å²) in [7, 11) is 0. The molecule has 0 aliphatic carbocycles. The SMILES string of the molecule is CCNCC(C)CSc1ccc(C)cc1. The highest BCUT2D eigenvalue weighted by Gasteiger charge is 2.02. The van der Waals surface area contributed by atoms with E-state index in [-0.39, 0.29) is 0 Å². The van der Waals surface area contributed by atoms with Gasteiger partial charge in [-0.05, 0) is 38.1 Å². The van der Waals surface area contributed by atoms with Crippen LogP contribution in [0, 0.1) is 12.8 Å². The lowest BCUT2D eigenvalue weighted by Crippen LogP contribution is -2.21. The molecule has 0 aliphatic rings. The standard InChI is InChI=1S/C13H21NS/c1-4-14-9-12(3)10-15-13-7-5-11(2)6-8-13/h5-8,12,14H,4,9-10H2,1-3H3. The van der Waals surface area contributed by atoms with Crippen LogP contribution in [0.5, 0.6) is 0 Å². The van der Waals surface area contributed by atoms with Crippen LogP contribution in [-0.2, 0) is 0 Å². The van der Waals surface area contributed by atoms with Gasteiger partial charge in [0, 0.05) is 10.6 Å². The molecule has 0 aromatic heterocycles. The molecule has 0 saturated carbocycles. The van der Waals surface area contributed by atoms with E-state index in [0.29, 0.717) is 0 Å². The Balaban J connectivity index is 2.27. The van der Waals surface area contributed by atoms with Crippen molar-refractivity contribution in [2.45, 2.75) is 25.7 Å². The molecule has 0 aliphatic heterocycles. The Labute approximate surface area is 97.7 Å². The molecule has 1 aromatic carbocycles. The summed E-state index contributed by atoms with van der Waals surface area (Å²) in [6.07, 6.45) is 0. The van der Waals surface area contributed by atoms with Gasteiger partial charge in [0.1, 0.15) is 0 Å². The van der Waals surface area contributed by atoms with E-state index in [1.807, 2.05) is 11.8 Å². The van der Waals surface area contributed by atoms with Crippen LogP contribution in [0.4, 0.5) is 0 Å². The molecule has 0 heterocycles. The average molecular weight is 223 g/mol. The summed E-state index contributed by atoms with van der Waals surface area (Å²) in [5.41, 5.74) is 1.33. The van der Waals surface area contributed by atoms with E-state index in [4.69, 9.17) is 0 Å². The lowest BCUT2D eigenvalue weighted by molar-refractivity contribution is 0.574. The number of aryl methyl sites for hydroxylation is 1. The van der Waals surface area contributed by atoms with Gasteiger partial charge in [0.15, 0.2) is 0 Å². The van der Waals surface area contributed by atoms with Crippen LogP contribution in [0.1, 0.15) is 19.4 Å². The molecule has 1 unspecified atom stereocenters. The van der Waals surface area contributed by atoms with Crippen LogP contribution in [0.3, 0.4) is 0 Å². The molecule has 0 bridgehead atoms. The Hall–Kier alpha value is -0.470. The van der Waals surface area contributed by atoms with Crippen molar-refractivity contribution in [1.29, 1.82) is 0 Å². The monoisotopic (exact) mass is 223 g/mol. The van der Waals surface area contributed by atoms with Crippen molar-refractivity contribution in [1.82, 2.24) is 5.32 Å². The topological polar surface area (TPSA) is 12.0 Å². The molecule has 15 heavy (non-hydrogen) atoms. The molecule has 84 valence electrons. The fourth-order valence-corrected chi connectivity index (χ4v) is 2.25. The highest BCUT2D eigenvalue weighted by atomic mass is 32.2. The van der Waals surface area contributed by atoms with Crippen LogP contribution in [-0.4, -0.2) is 18.8 Å². The third kappa shape index (κ3) is 5.24. The van der Waals surface area contributed by atoms with E-state index in [2.05, 4.69) is 50.4 Å². The number of nitrogens with one attached hydrogen (secondary N) is 1. The van der Waals surface area contributed by atoms with Crippen molar-refractivity contribution in [3.05, 3.63) is 29.8 Å². The lowest BCUT2D eigenvalue weighted by Gasteiger charge is -2.11. The lowest BCUT2D eigenvalue weighted by atomic mass is 10.2. The minimum atomic E-state index is 0.733. The molecule has 0 radical (unpaired) electrons. The van der Waals surface area contributed by atoms with Crippen molar-refractivity contribution < 1.29 is 0 Å². The summed E-state index contributed by atoms with van der Waals surface area (Å²) in [4.78, 5) is 1.38. The first kappa shape index (κ1) is 12.6. The summed E-state index contributed by atoms with van der Waals surface area (Å²) in [6, 6.07) is 8.77. The number of thioether (sulfide) groups is 1.